The molecular formula is C16H16N2O4. The van der Waals surface area contributed by atoms with E-state index in [1.807, 2.05) is 25.1 Å². The summed E-state index contributed by atoms with van der Waals surface area (Å²) in [4.78, 5) is 23.9. The standard InChI is InChI=1S/C16H16N2O4/c1-11-4-3-5-14(10-11)17-15(19)12(2)22-16(20)13-6-8-18(21)9-7-13/h3-10,12H,1-2H3,(H,17,19)/t12-/m0/s1. The van der Waals surface area contributed by atoms with Gasteiger partial charge in [0.15, 0.2) is 18.5 Å². The average molecular weight is 300 g/mol. The maximum Gasteiger partial charge on any atom is 0.339 e. The highest BCUT2D eigenvalue weighted by atomic mass is 16.5. The van der Waals surface area contributed by atoms with Crippen LogP contribution in [0.3, 0.4) is 0 Å². The van der Waals surface area contributed by atoms with E-state index < -0.39 is 18.0 Å². The van der Waals surface area contributed by atoms with E-state index in [1.165, 1.54) is 31.5 Å². The highest BCUT2D eigenvalue weighted by molar-refractivity contribution is 5.97. The molecule has 2 rings (SSSR count). The lowest BCUT2D eigenvalue weighted by Crippen LogP contribution is -2.30. The molecule has 6 nitrogen and oxygen atoms in total. The highest BCUT2D eigenvalue weighted by Crippen LogP contribution is 2.11. The van der Waals surface area contributed by atoms with Gasteiger partial charge in [0.05, 0.1) is 5.56 Å². The van der Waals surface area contributed by atoms with Crippen LogP contribution in [0, 0.1) is 12.1 Å². The number of hydrogen-bond acceptors (Lipinski definition) is 4. The van der Waals surface area contributed by atoms with Crippen LogP contribution in [0.25, 0.3) is 0 Å². The van der Waals surface area contributed by atoms with Crippen molar-refractivity contribution >= 4 is 17.6 Å². The number of nitrogens with one attached hydrogen (secondary N) is 1. The fourth-order valence-corrected chi connectivity index (χ4v) is 1.80. The van der Waals surface area contributed by atoms with E-state index >= 15 is 0 Å². The fourth-order valence-electron chi connectivity index (χ4n) is 1.80. The summed E-state index contributed by atoms with van der Waals surface area (Å²) in [5, 5.41) is 13.6. The van der Waals surface area contributed by atoms with Crippen molar-refractivity contribution in [3.8, 4) is 0 Å². The number of anilines is 1. The molecule has 114 valence electrons. The highest BCUT2D eigenvalue weighted by Gasteiger charge is 2.19. The molecule has 0 aliphatic heterocycles. The molecule has 0 aliphatic rings. The van der Waals surface area contributed by atoms with Crippen LogP contribution in [0.15, 0.2) is 48.8 Å². The second kappa shape index (κ2) is 6.71. The lowest BCUT2D eigenvalue weighted by molar-refractivity contribution is -0.605. The molecule has 0 fully saturated rings. The first-order valence-corrected chi connectivity index (χ1v) is 6.73. The Hall–Kier alpha value is -2.89. The van der Waals surface area contributed by atoms with Gasteiger partial charge in [-0.25, -0.2) is 4.79 Å². The van der Waals surface area contributed by atoms with Gasteiger partial charge in [-0.05, 0) is 31.5 Å². The predicted molar refractivity (Wildman–Crippen MR) is 80.1 cm³/mol. The minimum atomic E-state index is -0.951. The smallest absolute Gasteiger partial charge is 0.339 e. The Morgan fingerprint density at radius 1 is 1.23 bits per heavy atom. The molecule has 0 spiro atoms. The molecule has 0 saturated heterocycles. The number of carbonyl (C=O) groups excluding carboxylic acids is 2. The molecule has 6 heteroatoms. The second-order valence-corrected chi connectivity index (χ2v) is 4.85. The van der Waals surface area contributed by atoms with Gasteiger partial charge in [-0.2, -0.15) is 4.73 Å². The zero-order chi connectivity index (χ0) is 16.1. The fraction of sp³-hybridized carbons (Fsp3) is 0.188. The molecule has 1 aromatic carbocycles. The summed E-state index contributed by atoms with van der Waals surface area (Å²) in [5.41, 5.74) is 1.86. The van der Waals surface area contributed by atoms with Crippen molar-refractivity contribution in [2.75, 3.05) is 5.32 Å². The number of carbonyl (C=O) groups is 2. The Labute approximate surface area is 127 Å². The lowest BCUT2D eigenvalue weighted by Gasteiger charge is -2.13. The van der Waals surface area contributed by atoms with Crippen LogP contribution in [0.4, 0.5) is 5.69 Å². The Morgan fingerprint density at radius 2 is 1.91 bits per heavy atom. The van der Waals surface area contributed by atoms with E-state index in [0.29, 0.717) is 10.4 Å². The van der Waals surface area contributed by atoms with Crippen LogP contribution in [-0.2, 0) is 9.53 Å². The zero-order valence-corrected chi connectivity index (χ0v) is 12.3. The number of hydrogen-bond donors (Lipinski definition) is 1. The molecule has 0 aliphatic carbocycles. The van der Waals surface area contributed by atoms with Gasteiger partial charge in [0.1, 0.15) is 0 Å². The Bertz CT molecular complexity index is 683. The number of aryl methyl sites for hydroxylation is 1. The molecule has 2 aromatic rings. The van der Waals surface area contributed by atoms with Crippen LogP contribution in [0.5, 0.6) is 0 Å². The lowest BCUT2D eigenvalue weighted by atomic mass is 10.2. The van der Waals surface area contributed by atoms with E-state index in [9.17, 15) is 14.8 Å². The maximum absolute atomic E-state index is 12.0. The first-order valence-electron chi connectivity index (χ1n) is 6.73. The number of ether oxygens (including phenoxy) is 1. The van der Waals surface area contributed by atoms with Crippen molar-refractivity contribution in [3.05, 3.63) is 65.1 Å². The van der Waals surface area contributed by atoms with Crippen molar-refractivity contribution in [1.82, 2.24) is 0 Å². The molecule has 1 atom stereocenters. The van der Waals surface area contributed by atoms with Gasteiger partial charge in [0.2, 0.25) is 0 Å². The minimum Gasteiger partial charge on any atom is -0.619 e. The molecule has 1 N–H and O–H groups in total. The van der Waals surface area contributed by atoms with E-state index in [0.717, 1.165) is 5.56 Å². The van der Waals surface area contributed by atoms with Crippen LogP contribution in [0.2, 0.25) is 0 Å². The molecule has 0 saturated carbocycles. The van der Waals surface area contributed by atoms with Crippen molar-refractivity contribution in [2.45, 2.75) is 20.0 Å². The average Bonchev–Trinajstić information content (AvgIpc) is 2.47. The first-order chi connectivity index (χ1) is 10.5. The van der Waals surface area contributed by atoms with Gasteiger partial charge in [0.25, 0.3) is 5.91 Å². The Morgan fingerprint density at radius 3 is 2.55 bits per heavy atom. The monoisotopic (exact) mass is 300 g/mol. The van der Waals surface area contributed by atoms with Crippen molar-refractivity contribution in [2.24, 2.45) is 0 Å². The number of aromatic nitrogens is 1. The zero-order valence-electron chi connectivity index (χ0n) is 12.3. The van der Waals surface area contributed by atoms with E-state index in [4.69, 9.17) is 4.74 Å². The van der Waals surface area contributed by atoms with Crippen LogP contribution >= 0.6 is 0 Å². The number of nitrogens with zero attached hydrogens (tertiary/aromatic N) is 1. The number of esters is 1. The van der Waals surface area contributed by atoms with Gasteiger partial charge in [0, 0.05) is 17.8 Å². The molecule has 1 heterocycles. The molecule has 0 bridgehead atoms. The normalized spacial score (nSPS) is 11.5. The summed E-state index contributed by atoms with van der Waals surface area (Å²) in [5.74, 6) is -1.08. The van der Waals surface area contributed by atoms with Crippen LogP contribution in [-0.4, -0.2) is 18.0 Å². The number of pyridine rings is 1. The van der Waals surface area contributed by atoms with Crippen molar-refractivity contribution in [3.63, 3.8) is 0 Å². The number of rotatable bonds is 4. The molecule has 0 unspecified atom stereocenters. The topological polar surface area (TPSA) is 82.3 Å². The molecular weight excluding hydrogens is 284 g/mol. The van der Waals surface area contributed by atoms with Gasteiger partial charge in [-0.15, -0.1) is 0 Å². The minimum absolute atomic E-state index is 0.210. The van der Waals surface area contributed by atoms with Gasteiger partial charge in [-0.3, -0.25) is 4.79 Å². The number of amides is 1. The predicted octanol–water partition coefficient (Wildman–Crippen LogP) is 1.81. The van der Waals surface area contributed by atoms with E-state index in [-0.39, 0.29) is 5.56 Å². The summed E-state index contributed by atoms with van der Waals surface area (Å²) in [6.45, 7) is 3.40. The summed E-state index contributed by atoms with van der Waals surface area (Å²) in [6.07, 6.45) is 1.43. The summed E-state index contributed by atoms with van der Waals surface area (Å²) >= 11 is 0. The first kappa shape index (κ1) is 15.5. The van der Waals surface area contributed by atoms with Gasteiger partial charge >= 0.3 is 5.97 Å². The quantitative estimate of drug-likeness (QED) is 0.530. The van der Waals surface area contributed by atoms with Crippen molar-refractivity contribution < 1.29 is 19.1 Å². The number of benzene rings is 1. The maximum atomic E-state index is 12.0. The summed E-state index contributed by atoms with van der Waals surface area (Å²) < 4.78 is 5.64. The van der Waals surface area contributed by atoms with Gasteiger partial charge < -0.3 is 15.3 Å². The third-order valence-electron chi connectivity index (χ3n) is 2.98. The Balaban J connectivity index is 1.96. The molecule has 1 aromatic heterocycles. The third-order valence-corrected chi connectivity index (χ3v) is 2.98. The summed E-state index contributed by atoms with van der Waals surface area (Å²) in [6, 6.07) is 9.97. The van der Waals surface area contributed by atoms with Crippen LogP contribution < -0.4 is 10.0 Å². The van der Waals surface area contributed by atoms with E-state index in [2.05, 4.69) is 5.32 Å². The molecule has 22 heavy (non-hydrogen) atoms. The summed E-state index contributed by atoms with van der Waals surface area (Å²) in [7, 11) is 0. The largest absolute Gasteiger partial charge is 0.619 e. The molecule has 1 amide bonds. The molecule has 0 radical (unpaired) electrons. The van der Waals surface area contributed by atoms with Crippen LogP contribution in [0.1, 0.15) is 22.8 Å². The van der Waals surface area contributed by atoms with E-state index in [1.54, 1.807) is 6.07 Å². The second-order valence-electron chi connectivity index (χ2n) is 4.85. The van der Waals surface area contributed by atoms with Gasteiger partial charge in [-0.1, -0.05) is 12.1 Å². The Kier molecular flexibility index (Phi) is 4.73. The van der Waals surface area contributed by atoms with Crippen molar-refractivity contribution in [1.29, 1.82) is 0 Å². The SMILES string of the molecule is Cc1cccc(NC(=O)[C@H](C)OC(=O)c2cc[n+]([O-])cc2)c1. The third kappa shape index (κ3) is 4.05.